The number of nitrogen functional groups attached to an aromatic ring is 1. The molecule has 1 amide bonds. The van der Waals surface area contributed by atoms with Gasteiger partial charge in [-0.25, -0.2) is 4.39 Å². The van der Waals surface area contributed by atoms with Crippen LogP contribution in [-0.2, 0) is 0 Å². The second-order valence-electron chi connectivity index (χ2n) is 3.97. The molecule has 104 valence electrons. The van der Waals surface area contributed by atoms with Crippen molar-refractivity contribution >= 4 is 40.5 Å². The molecule has 2 rings (SSSR count). The van der Waals surface area contributed by atoms with E-state index in [1.807, 2.05) is 0 Å². The summed E-state index contributed by atoms with van der Waals surface area (Å²) in [5.74, 6) is -1.47. The third-order valence-electron chi connectivity index (χ3n) is 2.53. The highest BCUT2D eigenvalue weighted by Gasteiger charge is 2.13. The molecule has 2 aromatic carbocycles. The fourth-order valence-electron chi connectivity index (χ4n) is 1.56. The molecule has 0 spiro atoms. The maximum Gasteiger partial charge on any atom is 0.257 e. The lowest BCUT2D eigenvalue weighted by Crippen LogP contribution is -2.14. The minimum absolute atomic E-state index is 0.00896. The second-order valence-corrected chi connectivity index (χ2v) is 4.79. The Balaban J connectivity index is 2.30. The topological polar surface area (TPSA) is 75.4 Å². The van der Waals surface area contributed by atoms with Crippen molar-refractivity contribution in [1.82, 2.24) is 0 Å². The van der Waals surface area contributed by atoms with Gasteiger partial charge in [-0.05, 0) is 30.3 Å². The molecular formula is C13H9Cl2FN2O2. The number of benzene rings is 2. The van der Waals surface area contributed by atoms with E-state index in [4.69, 9.17) is 28.9 Å². The number of carbonyl (C=O) groups excluding carboxylic acids is 1. The van der Waals surface area contributed by atoms with Gasteiger partial charge in [0.2, 0.25) is 0 Å². The Kier molecular flexibility index (Phi) is 4.01. The van der Waals surface area contributed by atoms with Gasteiger partial charge in [-0.3, -0.25) is 4.79 Å². The van der Waals surface area contributed by atoms with Crippen molar-refractivity contribution in [1.29, 1.82) is 0 Å². The third-order valence-corrected chi connectivity index (χ3v) is 3.11. The van der Waals surface area contributed by atoms with Gasteiger partial charge in [-0.15, -0.1) is 0 Å². The van der Waals surface area contributed by atoms with Gasteiger partial charge in [0.05, 0.1) is 15.6 Å². The first kappa shape index (κ1) is 14.4. The molecule has 0 aliphatic heterocycles. The normalized spacial score (nSPS) is 10.3. The van der Waals surface area contributed by atoms with Crippen LogP contribution in [0, 0.1) is 5.82 Å². The zero-order valence-corrected chi connectivity index (χ0v) is 11.5. The smallest absolute Gasteiger partial charge is 0.257 e. The molecule has 0 aliphatic rings. The van der Waals surface area contributed by atoms with E-state index in [-0.39, 0.29) is 32.7 Å². The number of halogens is 3. The van der Waals surface area contributed by atoms with Crippen molar-refractivity contribution < 1.29 is 14.3 Å². The van der Waals surface area contributed by atoms with Gasteiger partial charge in [0.15, 0.2) is 5.75 Å². The number of amides is 1. The molecule has 0 atom stereocenters. The first-order chi connectivity index (χ1) is 9.38. The number of nitrogens with one attached hydrogen (secondary N) is 1. The lowest BCUT2D eigenvalue weighted by molar-refractivity contribution is 0.102. The predicted molar refractivity (Wildman–Crippen MR) is 76.9 cm³/mol. The fraction of sp³-hybridized carbons (Fsp3) is 0. The molecule has 0 saturated heterocycles. The monoisotopic (exact) mass is 314 g/mol. The summed E-state index contributed by atoms with van der Waals surface area (Å²) in [5.41, 5.74) is 5.99. The van der Waals surface area contributed by atoms with Crippen molar-refractivity contribution in [3.05, 3.63) is 51.8 Å². The van der Waals surface area contributed by atoms with Crippen LogP contribution < -0.4 is 11.1 Å². The molecule has 7 heteroatoms. The number of hydrogen-bond donors (Lipinski definition) is 3. The van der Waals surface area contributed by atoms with Gasteiger partial charge in [-0.2, -0.15) is 0 Å². The maximum atomic E-state index is 13.1. The molecule has 2 aromatic rings. The molecule has 0 aliphatic carbocycles. The average molecular weight is 315 g/mol. The minimum atomic E-state index is -0.611. The zero-order chi connectivity index (χ0) is 14.9. The highest BCUT2D eigenvalue weighted by Crippen LogP contribution is 2.34. The molecule has 0 fully saturated rings. The Morgan fingerprint density at radius 1 is 1.20 bits per heavy atom. The number of aromatic hydroxyl groups is 1. The first-order valence-electron chi connectivity index (χ1n) is 5.43. The largest absolute Gasteiger partial charge is 0.505 e. The molecule has 0 aromatic heterocycles. The number of hydrogen-bond acceptors (Lipinski definition) is 3. The van der Waals surface area contributed by atoms with Gasteiger partial charge >= 0.3 is 0 Å². The van der Waals surface area contributed by atoms with Crippen LogP contribution in [0.1, 0.15) is 10.4 Å². The Morgan fingerprint density at radius 2 is 1.80 bits per heavy atom. The van der Waals surface area contributed by atoms with Crippen molar-refractivity contribution in [3.8, 4) is 5.75 Å². The maximum absolute atomic E-state index is 13.1. The Labute approximate surface area is 123 Å². The lowest BCUT2D eigenvalue weighted by Gasteiger charge is -2.09. The van der Waals surface area contributed by atoms with Crippen molar-refractivity contribution in [2.45, 2.75) is 0 Å². The van der Waals surface area contributed by atoms with Crippen LogP contribution in [-0.4, -0.2) is 11.0 Å². The summed E-state index contributed by atoms with van der Waals surface area (Å²) in [6, 6.07) is 6.10. The number of anilines is 2. The fourth-order valence-corrected chi connectivity index (χ4v) is 2.05. The van der Waals surface area contributed by atoms with Crippen LogP contribution in [0.3, 0.4) is 0 Å². The lowest BCUT2D eigenvalue weighted by atomic mass is 10.1. The minimum Gasteiger partial charge on any atom is -0.505 e. The number of rotatable bonds is 2. The molecule has 0 heterocycles. The van der Waals surface area contributed by atoms with Gasteiger partial charge in [-0.1, -0.05) is 23.2 Å². The summed E-state index contributed by atoms with van der Waals surface area (Å²) in [7, 11) is 0. The quantitative estimate of drug-likeness (QED) is 0.584. The van der Waals surface area contributed by atoms with Crippen molar-refractivity contribution in [2.24, 2.45) is 0 Å². The Hall–Kier alpha value is -1.98. The third kappa shape index (κ3) is 2.95. The van der Waals surface area contributed by atoms with Crippen molar-refractivity contribution in [3.63, 3.8) is 0 Å². The van der Waals surface area contributed by atoms with E-state index in [1.165, 1.54) is 18.2 Å². The van der Waals surface area contributed by atoms with E-state index >= 15 is 0 Å². The molecule has 4 nitrogen and oxygen atoms in total. The van der Waals surface area contributed by atoms with Crippen LogP contribution in [0.25, 0.3) is 0 Å². The van der Waals surface area contributed by atoms with E-state index in [0.717, 1.165) is 12.1 Å². The van der Waals surface area contributed by atoms with E-state index in [0.29, 0.717) is 0 Å². The molecule has 4 N–H and O–H groups in total. The Bertz CT molecular complexity index is 669. The highest BCUT2D eigenvalue weighted by molar-refractivity contribution is 6.37. The van der Waals surface area contributed by atoms with E-state index < -0.39 is 11.7 Å². The summed E-state index contributed by atoms with van der Waals surface area (Å²) in [4.78, 5) is 12.0. The van der Waals surface area contributed by atoms with Crippen LogP contribution in [0.2, 0.25) is 10.0 Å². The average Bonchev–Trinajstić information content (AvgIpc) is 2.38. The molecular weight excluding hydrogens is 306 g/mol. The SMILES string of the molecule is Nc1ccc(F)cc1C(=O)Nc1cc(Cl)c(O)c(Cl)c1. The number of carbonyl (C=O) groups is 1. The summed E-state index contributed by atoms with van der Waals surface area (Å²) >= 11 is 11.5. The van der Waals surface area contributed by atoms with Crippen molar-refractivity contribution in [2.75, 3.05) is 11.1 Å². The zero-order valence-electron chi connectivity index (χ0n) is 9.95. The molecule has 0 saturated carbocycles. The second kappa shape index (κ2) is 5.56. The number of phenolic OH excluding ortho intramolecular Hbond substituents is 1. The van der Waals surface area contributed by atoms with Gasteiger partial charge in [0, 0.05) is 11.4 Å². The van der Waals surface area contributed by atoms with E-state index in [2.05, 4.69) is 5.32 Å². The molecule has 20 heavy (non-hydrogen) atoms. The van der Waals surface area contributed by atoms with Crippen LogP contribution in [0.5, 0.6) is 5.75 Å². The van der Waals surface area contributed by atoms with E-state index in [9.17, 15) is 14.3 Å². The Morgan fingerprint density at radius 3 is 2.40 bits per heavy atom. The molecule has 0 bridgehead atoms. The molecule has 0 radical (unpaired) electrons. The summed E-state index contributed by atoms with van der Waals surface area (Å²) in [5, 5.41) is 11.9. The number of phenols is 1. The van der Waals surface area contributed by atoms with Crippen LogP contribution >= 0.6 is 23.2 Å². The standard InChI is InChI=1S/C13H9Cl2FN2O2/c14-9-4-7(5-10(15)12(9)19)18-13(20)8-3-6(16)1-2-11(8)17/h1-5,19H,17H2,(H,18,20). The first-order valence-corrected chi connectivity index (χ1v) is 6.18. The van der Waals surface area contributed by atoms with Gasteiger partial charge in [0.25, 0.3) is 5.91 Å². The van der Waals surface area contributed by atoms with Crippen LogP contribution in [0.4, 0.5) is 15.8 Å². The van der Waals surface area contributed by atoms with Gasteiger partial charge in [0.1, 0.15) is 5.82 Å². The summed E-state index contributed by atoms with van der Waals surface area (Å²) < 4.78 is 13.1. The highest BCUT2D eigenvalue weighted by atomic mass is 35.5. The summed E-state index contributed by atoms with van der Waals surface area (Å²) in [6.45, 7) is 0. The summed E-state index contributed by atoms with van der Waals surface area (Å²) in [6.07, 6.45) is 0. The molecule has 0 unspecified atom stereocenters. The predicted octanol–water partition coefficient (Wildman–Crippen LogP) is 3.67. The van der Waals surface area contributed by atoms with Crippen LogP contribution in [0.15, 0.2) is 30.3 Å². The van der Waals surface area contributed by atoms with Gasteiger partial charge < -0.3 is 16.2 Å². The van der Waals surface area contributed by atoms with E-state index in [1.54, 1.807) is 0 Å². The number of nitrogens with two attached hydrogens (primary N) is 1.